The van der Waals surface area contributed by atoms with Gasteiger partial charge >= 0.3 is 0 Å². The molecule has 0 bridgehead atoms. The fourth-order valence-corrected chi connectivity index (χ4v) is 3.72. The van der Waals surface area contributed by atoms with Gasteiger partial charge in [-0.2, -0.15) is 10.2 Å². The van der Waals surface area contributed by atoms with Gasteiger partial charge < -0.3 is 0 Å². The maximum absolute atomic E-state index is 4.63. The number of nitrogens with zero attached hydrogens (tertiary/aromatic N) is 3. The zero-order chi connectivity index (χ0) is 19.2. The highest BCUT2D eigenvalue weighted by Gasteiger charge is 2.27. The molecule has 0 amide bonds. The summed E-state index contributed by atoms with van der Waals surface area (Å²) in [7, 11) is 0. The Balaban J connectivity index is 1.61. The van der Waals surface area contributed by atoms with Crippen LogP contribution in [0.1, 0.15) is 30.5 Å². The first-order valence-corrected chi connectivity index (χ1v) is 9.78. The SMILES string of the molecule is CC1=C(N=Nc2ccccc2)CC(c2ccccc2)N(Cc2ccccc2)C1. The zero-order valence-electron chi connectivity index (χ0n) is 16.2. The summed E-state index contributed by atoms with van der Waals surface area (Å²) < 4.78 is 0. The van der Waals surface area contributed by atoms with Crippen LogP contribution >= 0.6 is 0 Å². The van der Waals surface area contributed by atoms with Crippen molar-refractivity contribution in [1.82, 2.24) is 4.90 Å². The van der Waals surface area contributed by atoms with E-state index in [2.05, 4.69) is 82.7 Å². The predicted octanol–water partition coefficient (Wildman–Crippen LogP) is 6.69. The third-order valence-corrected chi connectivity index (χ3v) is 5.22. The lowest BCUT2D eigenvalue weighted by atomic mass is 9.93. The third-order valence-electron chi connectivity index (χ3n) is 5.22. The van der Waals surface area contributed by atoms with Crippen LogP contribution in [0.3, 0.4) is 0 Å². The number of rotatable bonds is 5. The van der Waals surface area contributed by atoms with Crippen LogP contribution in [-0.4, -0.2) is 11.4 Å². The van der Waals surface area contributed by atoms with Crippen LogP contribution in [0, 0.1) is 0 Å². The zero-order valence-corrected chi connectivity index (χ0v) is 16.2. The van der Waals surface area contributed by atoms with Gasteiger partial charge in [0.2, 0.25) is 0 Å². The smallest absolute Gasteiger partial charge is 0.0856 e. The molecule has 0 aromatic heterocycles. The van der Waals surface area contributed by atoms with Crippen LogP contribution in [-0.2, 0) is 6.54 Å². The molecule has 3 aromatic carbocycles. The Morgan fingerprint density at radius 2 is 1.39 bits per heavy atom. The summed E-state index contributed by atoms with van der Waals surface area (Å²) in [4.78, 5) is 2.54. The van der Waals surface area contributed by atoms with E-state index in [0.717, 1.165) is 30.9 Å². The molecule has 0 fully saturated rings. The van der Waals surface area contributed by atoms with Gasteiger partial charge in [-0.25, -0.2) is 0 Å². The highest BCUT2D eigenvalue weighted by molar-refractivity contribution is 5.35. The molecule has 0 N–H and O–H groups in total. The summed E-state index contributed by atoms with van der Waals surface area (Å²) in [6.07, 6.45) is 0.874. The standard InChI is InChI=1S/C25H25N3/c1-20-18-28(19-21-11-5-2-6-12-21)25(22-13-7-3-8-14-22)17-24(20)27-26-23-15-9-4-10-16-23/h2-16,25H,17-19H2,1H3. The van der Waals surface area contributed by atoms with E-state index in [-0.39, 0.29) is 0 Å². The van der Waals surface area contributed by atoms with E-state index in [1.165, 1.54) is 16.7 Å². The second-order valence-electron chi connectivity index (χ2n) is 7.28. The van der Waals surface area contributed by atoms with Crippen molar-refractivity contribution in [2.45, 2.75) is 25.9 Å². The molecule has 0 saturated heterocycles. The molecule has 28 heavy (non-hydrogen) atoms. The molecule has 3 nitrogen and oxygen atoms in total. The lowest BCUT2D eigenvalue weighted by molar-refractivity contribution is 0.189. The largest absolute Gasteiger partial charge is 0.288 e. The molecule has 1 atom stereocenters. The maximum atomic E-state index is 4.63. The molecule has 3 heteroatoms. The molecule has 1 aliphatic rings. The van der Waals surface area contributed by atoms with Crippen LogP contribution in [0.2, 0.25) is 0 Å². The number of hydrogen-bond donors (Lipinski definition) is 0. The Bertz CT molecular complexity index is 947. The number of benzene rings is 3. The molecule has 140 valence electrons. The molecule has 3 aromatic rings. The van der Waals surface area contributed by atoms with Crippen LogP contribution in [0.15, 0.2) is 112 Å². The maximum Gasteiger partial charge on any atom is 0.0856 e. The van der Waals surface area contributed by atoms with E-state index in [1.54, 1.807) is 0 Å². The van der Waals surface area contributed by atoms with Gasteiger partial charge in [0, 0.05) is 25.6 Å². The van der Waals surface area contributed by atoms with Gasteiger partial charge in [-0.15, -0.1) is 0 Å². The molecular formula is C25H25N3. The van der Waals surface area contributed by atoms with Crippen molar-refractivity contribution in [3.8, 4) is 0 Å². The monoisotopic (exact) mass is 367 g/mol. The first-order chi connectivity index (χ1) is 13.8. The number of azo groups is 1. The van der Waals surface area contributed by atoms with Gasteiger partial charge in [0.15, 0.2) is 0 Å². The average molecular weight is 367 g/mol. The van der Waals surface area contributed by atoms with E-state index in [0.29, 0.717) is 6.04 Å². The van der Waals surface area contributed by atoms with Crippen molar-refractivity contribution in [2.24, 2.45) is 10.2 Å². The summed E-state index contributed by atoms with van der Waals surface area (Å²) in [5.74, 6) is 0. The molecule has 0 spiro atoms. The van der Waals surface area contributed by atoms with Crippen molar-refractivity contribution in [3.63, 3.8) is 0 Å². The second kappa shape index (κ2) is 8.77. The molecule has 0 aliphatic carbocycles. The molecule has 4 rings (SSSR count). The first kappa shape index (κ1) is 18.3. The molecule has 0 radical (unpaired) electrons. The molecule has 1 heterocycles. The van der Waals surface area contributed by atoms with Gasteiger partial charge in [0.05, 0.1) is 11.4 Å². The number of hydrogen-bond acceptors (Lipinski definition) is 3. The Hall–Kier alpha value is -3.04. The minimum atomic E-state index is 0.301. The summed E-state index contributed by atoms with van der Waals surface area (Å²) in [5.41, 5.74) is 5.96. The van der Waals surface area contributed by atoms with Crippen molar-refractivity contribution < 1.29 is 0 Å². The minimum Gasteiger partial charge on any atom is -0.288 e. The Morgan fingerprint density at radius 1 is 0.786 bits per heavy atom. The average Bonchev–Trinajstić information content (AvgIpc) is 2.75. The minimum absolute atomic E-state index is 0.301. The molecule has 1 aliphatic heterocycles. The van der Waals surface area contributed by atoms with Crippen molar-refractivity contribution >= 4 is 5.69 Å². The van der Waals surface area contributed by atoms with Gasteiger partial charge in [-0.3, -0.25) is 4.90 Å². The van der Waals surface area contributed by atoms with Crippen LogP contribution in [0.4, 0.5) is 5.69 Å². The van der Waals surface area contributed by atoms with Crippen LogP contribution in [0.25, 0.3) is 0 Å². The van der Waals surface area contributed by atoms with Crippen LogP contribution in [0.5, 0.6) is 0 Å². The lowest BCUT2D eigenvalue weighted by Crippen LogP contribution is -2.34. The topological polar surface area (TPSA) is 28.0 Å². The summed E-state index contributed by atoms with van der Waals surface area (Å²) >= 11 is 0. The van der Waals surface area contributed by atoms with E-state index in [1.807, 2.05) is 30.3 Å². The normalized spacial score (nSPS) is 18.0. The Morgan fingerprint density at radius 3 is 2.07 bits per heavy atom. The van der Waals surface area contributed by atoms with Gasteiger partial charge in [0.25, 0.3) is 0 Å². The van der Waals surface area contributed by atoms with Crippen LogP contribution < -0.4 is 0 Å². The molecule has 1 unspecified atom stereocenters. The predicted molar refractivity (Wildman–Crippen MR) is 114 cm³/mol. The van der Waals surface area contributed by atoms with E-state index in [9.17, 15) is 0 Å². The highest BCUT2D eigenvalue weighted by Crippen LogP contribution is 2.36. The van der Waals surface area contributed by atoms with Gasteiger partial charge in [-0.1, -0.05) is 78.9 Å². The summed E-state index contributed by atoms with van der Waals surface area (Å²) in [6.45, 7) is 4.01. The van der Waals surface area contributed by atoms with E-state index < -0.39 is 0 Å². The third kappa shape index (κ3) is 4.44. The van der Waals surface area contributed by atoms with Crippen molar-refractivity contribution in [1.29, 1.82) is 0 Å². The molecule has 0 saturated carbocycles. The van der Waals surface area contributed by atoms with Gasteiger partial charge in [-0.05, 0) is 35.8 Å². The second-order valence-corrected chi connectivity index (χ2v) is 7.28. The van der Waals surface area contributed by atoms with E-state index >= 15 is 0 Å². The first-order valence-electron chi connectivity index (χ1n) is 9.78. The van der Waals surface area contributed by atoms with Gasteiger partial charge in [0.1, 0.15) is 0 Å². The Labute approximate surface area is 167 Å². The summed E-state index contributed by atoms with van der Waals surface area (Å²) in [6, 6.07) is 31.7. The lowest BCUT2D eigenvalue weighted by Gasteiger charge is -2.36. The Kier molecular flexibility index (Phi) is 5.74. The van der Waals surface area contributed by atoms with Crippen molar-refractivity contribution in [2.75, 3.05) is 6.54 Å². The highest BCUT2D eigenvalue weighted by atomic mass is 15.2. The summed E-state index contributed by atoms with van der Waals surface area (Å²) in [5, 5.41) is 9.10. The van der Waals surface area contributed by atoms with Crippen molar-refractivity contribution in [3.05, 3.63) is 113 Å². The van der Waals surface area contributed by atoms with E-state index in [4.69, 9.17) is 0 Å². The fourth-order valence-electron chi connectivity index (χ4n) is 3.72. The fraction of sp³-hybridized carbons (Fsp3) is 0.200. The molecular weight excluding hydrogens is 342 g/mol. The quantitative estimate of drug-likeness (QED) is 0.462.